The third kappa shape index (κ3) is 4.22. The zero-order chi connectivity index (χ0) is 12.8. The van der Waals surface area contributed by atoms with Crippen molar-refractivity contribution in [2.24, 2.45) is 0 Å². The fourth-order valence-electron chi connectivity index (χ4n) is 1.88. The van der Waals surface area contributed by atoms with Crippen LogP contribution in [-0.4, -0.2) is 62.3 Å². The van der Waals surface area contributed by atoms with Gasteiger partial charge < -0.3 is 5.32 Å². The smallest absolute Gasteiger partial charge is 0.165 e. The van der Waals surface area contributed by atoms with Gasteiger partial charge in [-0.2, -0.15) is 11.8 Å². The van der Waals surface area contributed by atoms with Crippen molar-refractivity contribution in [2.45, 2.75) is 33.0 Å². The van der Waals surface area contributed by atoms with Gasteiger partial charge in [-0.05, 0) is 10.4 Å². The molecule has 1 saturated heterocycles. The first-order valence-electron chi connectivity index (χ1n) is 6.54. The second kappa shape index (κ2) is 7.06. The highest BCUT2D eigenvalue weighted by Crippen LogP contribution is 2.08. The van der Waals surface area contributed by atoms with E-state index in [0.29, 0.717) is 6.04 Å². The van der Waals surface area contributed by atoms with Crippen LogP contribution in [0.4, 0.5) is 0 Å². The molecule has 0 bridgehead atoms. The standard InChI is InChI=1S/C11H22N6S/c1-10(2)12-9-11-13-14-15-17(11)4-3-16-5-7-18-8-6-16/h10,12H,3-9H2,1-2H3. The van der Waals surface area contributed by atoms with Crippen molar-refractivity contribution in [3.8, 4) is 0 Å². The van der Waals surface area contributed by atoms with Gasteiger partial charge in [0, 0.05) is 37.2 Å². The zero-order valence-corrected chi connectivity index (χ0v) is 12.0. The molecule has 102 valence electrons. The molecule has 1 aliphatic heterocycles. The Labute approximate surface area is 112 Å². The Kier molecular flexibility index (Phi) is 5.40. The summed E-state index contributed by atoms with van der Waals surface area (Å²) in [6.45, 7) is 9.28. The van der Waals surface area contributed by atoms with Crippen molar-refractivity contribution in [3.63, 3.8) is 0 Å². The van der Waals surface area contributed by atoms with E-state index in [1.54, 1.807) is 0 Å². The molecule has 1 aromatic heterocycles. The fourth-order valence-corrected chi connectivity index (χ4v) is 2.86. The van der Waals surface area contributed by atoms with E-state index in [2.05, 4.69) is 39.6 Å². The van der Waals surface area contributed by atoms with E-state index in [0.717, 1.165) is 25.5 Å². The van der Waals surface area contributed by atoms with E-state index in [1.165, 1.54) is 24.6 Å². The monoisotopic (exact) mass is 270 g/mol. The summed E-state index contributed by atoms with van der Waals surface area (Å²) in [5, 5.41) is 15.2. The minimum atomic E-state index is 0.453. The van der Waals surface area contributed by atoms with E-state index in [1.807, 2.05) is 16.4 Å². The van der Waals surface area contributed by atoms with E-state index >= 15 is 0 Å². The first-order chi connectivity index (χ1) is 8.75. The molecule has 0 spiro atoms. The Morgan fingerprint density at radius 1 is 1.28 bits per heavy atom. The normalized spacial score (nSPS) is 17.5. The van der Waals surface area contributed by atoms with Gasteiger partial charge in [-0.1, -0.05) is 13.8 Å². The van der Waals surface area contributed by atoms with Crippen molar-refractivity contribution in [3.05, 3.63) is 5.82 Å². The summed E-state index contributed by atoms with van der Waals surface area (Å²) in [6, 6.07) is 0.453. The molecule has 2 heterocycles. The van der Waals surface area contributed by atoms with Crippen LogP contribution in [-0.2, 0) is 13.1 Å². The quantitative estimate of drug-likeness (QED) is 0.798. The van der Waals surface area contributed by atoms with E-state index in [9.17, 15) is 0 Å². The highest BCUT2D eigenvalue weighted by Gasteiger charge is 2.12. The van der Waals surface area contributed by atoms with Gasteiger partial charge >= 0.3 is 0 Å². The van der Waals surface area contributed by atoms with Crippen LogP contribution in [0.15, 0.2) is 0 Å². The van der Waals surface area contributed by atoms with Crippen LogP contribution in [0.2, 0.25) is 0 Å². The van der Waals surface area contributed by atoms with Crippen molar-refractivity contribution in [2.75, 3.05) is 31.1 Å². The number of tetrazole rings is 1. The molecule has 1 N–H and O–H groups in total. The molecule has 1 fully saturated rings. The minimum Gasteiger partial charge on any atom is -0.308 e. The second-order valence-electron chi connectivity index (χ2n) is 4.81. The Morgan fingerprint density at radius 3 is 2.78 bits per heavy atom. The van der Waals surface area contributed by atoms with Gasteiger partial charge in [0.05, 0.1) is 13.1 Å². The van der Waals surface area contributed by atoms with Gasteiger partial charge in [-0.3, -0.25) is 4.90 Å². The zero-order valence-electron chi connectivity index (χ0n) is 11.2. The largest absolute Gasteiger partial charge is 0.308 e. The molecule has 0 aromatic carbocycles. The SMILES string of the molecule is CC(C)NCc1nnnn1CCN1CCSCC1. The number of hydrogen-bond acceptors (Lipinski definition) is 6. The van der Waals surface area contributed by atoms with Crippen molar-refractivity contribution >= 4 is 11.8 Å². The Morgan fingerprint density at radius 2 is 2.06 bits per heavy atom. The highest BCUT2D eigenvalue weighted by atomic mass is 32.2. The lowest BCUT2D eigenvalue weighted by atomic mass is 10.4. The molecule has 0 radical (unpaired) electrons. The average Bonchev–Trinajstić information content (AvgIpc) is 2.82. The number of nitrogens with zero attached hydrogens (tertiary/aromatic N) is 5. The second-order valence-corrected chi connectivity index (χ2v) is 6.03. The first kappa shape index (κ1) is 13.8. The lowest BCUT2D eigenvalue weighted by Gasteiger charge is -2.25. The summed E-state index contributed by atoms with van der Waals surface area (Å²) in [6.07, 6.45) is 0. The van der Waals surface area contributed by atoms with Gasteiger partial charge in [-0.25, -0.2) is 4.68 Å². The predicted octanol–water partition coefficient (Wildman–Crippen LogP) is 0.220. The van der Waals surface area contributed by atoms with Crippen LogP contribution < -0.4 is 5.32 Å². The lowest BCUT2D eigenvalue weighted by Crippen LogP contribution is -2.35. The van der Waals surface area contributed by atoms with E-state index in [-0.39, 0.29) is 0 Å². The number of thioether (sulfide) groups is 1. The third-order valence-electron chi connectivity index (χ3n) is 3.01. The molecular weight excluding hydrogens is 248 g/mol. The predicted molar refractivity (Wildman–Crippen MR) is 73.6 cm³/mol. The summed E-state index contributed by atoms with van der Waals surface area (Å²) in [4.78, 5) is 2.48. The molecule has 1 aliphatic rings. The maximum Gasteiger partial charge on any atom is 0.165 e. The van der Waals surface area contributed by atoms with Crippen LogP contribution in [0.3, 0.4) is 0 Å². The van der Waals surface area contributed by atoms with Crippen molar-refractivity contribution in [1.82, 2.24) is 30.4 Å². The van der Waals surface area contributed by atoms with Crippen molar-refractivity contribution in [1.29, 1.82) is 0 Å². The van der Waals surface area contributed by atoms with Gasteiger partial charge in [0.2, 0.25) is 0 Å². The molecule has 7 heteroatoms. The summed E-state index contributed by atoms with van der Waals surface area (Å²) in [5.74, 6) is 3.42. The van der Waals surface area contributed by atoms with E-state index < -0.39 is 0 Å². The van der Waals surface area contributed by atoms with Crippen molar-refractivity contribution < 1.29 is 0 Å². The number of nitrogens with one attached hydrogen (secondary N) is 1. The fraction of sp³-hybridized carbons (Fsp3) is 0.909. The molecular formula is C11H22N6S. The number of rotatable bonds is 6. The van der Waals surface area contributed by atoms with Crippen LogP contribution in [0, 0.1) is 0 Å². The molecule has 0 unspecified atom stereocenters. The van der Waals surface area contributed by atoms with Crippen LogP contribution in [0.5, 0.6) is 0 Å². The van der Waals surface area contributed by atoms with E-state index in [4.69, 9.17) is 0 Å². The maximum absolute atomic E-state index is 4.07. The molecule has 0 atom stereocenters. The Hall–Kier alpha value is -0.660. The highest BCUT2D eigenvalue weighted by molar-refractivity contribution is 7.99. The van der Waals surface area contributed by atoms with Crippen LogP contribution >= 0.6 is 11.8 Å². The molecule has 0 saturated carbocycles. The first-order valence-corrected chi connectivity index (χ1v) is 7.69. The van der Waals surface area contributed by atoms with Crippen LogP contribution in [0.1, 0.15) is 19.7 Å². The van der Waals surface area contributed by atoms with Gasteiger partial charge in [-0.15, -0.1) is 5.10 Å². The Bertz CT molecular complexity index is 347. The minimum absolute atomic E-state index is 0.453. The Balaban J connectivity index is 1.79. The molecule has 0 amide bonds. The third-order valence-corrected chi connectivity index (χ3v) is 3.95. The summed E-state index contributed by atoms with van der Waals surface area (Å²) < 4.78 is 1.91. The topological polar surface area (TPSA) is 58.9 Å². The molecule has 6 nitrogen and oxygen atoms in total. The molecule has 0 aliphatic carbocycles. The molecule has 18 heavy (non-hydrogen) atoms. The number of aromatic nitrogens is 4. The number of hydrogen-bond donors (Lipinski definition) is 1. The van der Waals surface area contributed by atoms with Gasteiger partial charge in [0.15, 0.2) is 5.82 Å². The van der Waals surface area contributed by atoms with Gasteiger partial charge in [0.1, 0.15) is 0 Å². The molecule has 1 aromatic rings. The molecule has 2 rings (SSSR count). The maximum atomic E-state index is 4.07. The summed E-state index contributed by atoms with van der Waals surface area (Å²) in [7, 11) is 0. The summed E-state index contributed by atoms with van der Waals surface area (Å²) in [5.41, 5.74) is 0. The summed E-state index contributed by atoms with van der Waals surface area (Å²) >= 11 is 2.04. The lowest BCUT2D eigenvalue weighted by molar-refractivity contribution is 0.280. The average molecular weight is 270 g/mol. The van der Waals surface area contributed by atoms with Gasteiger partial charge in [0.25, 0.3) is 0 Å². The van der Waals surface area contributed by atoms with Crippen LogP contribution in [0.25, 0.3) is 0 Å².